The Balaban J connectivity index is 2.15. The predicted molar refractivity (Wildman–Crippen MR) is 68.4 cm³/mol. The van der Waals surface area contributed by atoms with Crippen LogP contribution in [0.1, 0.15) is 5.56 Å². The largest absolute Gasteiger partial charge is 0.492 e. The van der Waals surface area contributed by atoms with Gasteiger partial charge in [-0.2, -0.15) is 0 Å². The van der Waals surface area contributed by atoms with E-state index in [0.29, 0.717) is 18.4 Å². The highest BCUT2D eigenvalue weighted by atomic mass is 16.5. The van der Waals surface area contributed by atoms with Crippen LogP contribution in [0.15, 0.2) is 18.5 Å². The minimum Gasteiger partial charge on any atom is -0.492 e. The van der Waals surface area contributed by atoms with E-state index in [-0.39, 0.29) is 0 Å². The summed E-state index contributed by atoms with van der Waals surface area (Å²) in [6.07, 6.45) is 4.19. The summed E-state index contributed by atoms with van der Waals surface area (Å²) in [5.74, 6) is 1.90. The molecule has 6 heteroatoms. The maximum Gasteiger partial charge on any atom is 0.222 e. The Bertz CT molecular complexity index is 599. The fourth-order valence-electron chi connectivity index (χ4n) is 2.02. The van der Waals surface area contributed by atoms with Gasteiger partial charge in [-0.3, -0.25) is 0 Å². The molecule has 0 amide bonds. The van der Waals surface area contributed by atoms with E-state index in [9.17, 15) is 0 Å². The maximum atomic E-state index is 5.84. The second-order valence-corrected chi connectivity index (χ2v) is 3.98. The van der Waals surface area contributed by atoms with Gasteiger partial charge in [0.05, 0.1) is 17.9 Å². The summed E-state index contributed by atoms with van der Waals surface area (Å²) in [4.78, 5) is 12.7. The Hall–Kier alpha value is -2.37. The van der Waals surface area contributed by atoms with Crippen molar-refractivity contribution in [1.82, 2.24) is 15.0 Å². The second kappa shape index (κ2) is 4.14. The van der Waals surface area contributed by atoms with Crippen LogP contribution in [0.3, 0.4) is 0 Å². The number of aromatic nitrogens is 3. The summed E-state index contributed by atoms with van der Waals surface area (Å²) in [5.41, 5.74) is 8.44. The molecule has 0 spiro atoms. The average Bonchev–Trinajstić information content (AvgIpc) is 2.89. The lowest BCUT2D eigenvalue weighted by Crippen LogP contribution is -1.99. The van der Waals surface area contributed by atoms with E-state index in [1.165, 1.54) is 0 Å². The zero-order chi connectivity index (χ0) is 12.5. The Morgan fingerprint density at radius 3 is 3.11 bits per heavy atom. The highest BCUT2D eigenvalue weighted by Gasteiger charge is 2.21. The molecule has 92 valence electrons. The van der Waals surface area contributed by atoms with E-state index in [0.717, 1.165) is 29.0 Å². The van der Waals surface area contributed by atoms with Gasteiger partial charge in [0.2, 0.25) is 5.95 Å². The summed E-state index contributed by atoms with van der Waals surface area (Å²) < 4.78 is 5.64. The van der Waals surface area contributed by atoms with Gasteiger partial charge in [-0.25, -0.2) is 15.0 Å². The zero-order valence-corrected chi connectivity index (χ0v) is 9.97. The fraction of sp³-hybridized carbons (Fsp3) is 0.250. The topological polar surface area (TPSA) is 86.0 Å². The third kappa shape index (κ3) is 1.62. The minimum absolute atomic E-state index is 0.536. The van der Waals surface area contributed by atoms with Gasteiger partial charge in [-0.15, -0.1) is 0 Å². The van der Waals surface area contributed by atoms with Gasteiger partial charge < -0.3 is 15.8 Å². The molecule has 0 unspecified atom stereocenters. The summed E-state index contributed by atoms with van der Waals surface area (Å²) in [7, 11) is 1.78. The number of nitrogen functional groups attached to an aromatic ring is 1. The Kier molecular flexibility index (Phi) is 2.47. The third-order valence-corrected chi connectivity index (χ3v) is 2.91. The number of fused-ring (bicyclic) bond motifs is 1. The number of pyridine rings is 1. The van der Waals surface area contributed by atoms with E-state index < -0.39 is 0 Å². The Labute approximate surface area is 104 Å². The molecule has 18 heavy (non-hydrogen) atoms. The molecule has 0 radical (unpaired) electrons. The van der Waals surface area contributed by atoms with Crippen molar-refractivity contribution in [1.29, 1.82) is 0 Å². The molecule has 0 aliphatic carbocycles. The highest BCUT2D eigenvalue weighted by Crippen LogP contribution is 2.37. The summed E-state index contributed by atoms with van der Waals surface area (Å²) in [6.45, 7) is 0.641. The molecule has 1 aliphatic rings. The lowest BCUT2D eigenvalue weighted by atomic mass is 10.1. The molecule has 0 atom stereocenters. The first-order valence-electron chi connectivity index (χ1n) is 5.71. The van der Waals surface area contributed by atoms with Crippen molar-refractivity contribution < 1.29 is 4.74 Å². The van der Waals surface area contributed by atoms with E-state index >= 15 is 0 Å². The number of anilines is 2. The Morgan fingerprint density at radius 1 is 1.39 bits per heavy atom. The van der Waals surface area contributed by atoms with Gasteiger partial charge in [0.1, 0.15) is 11.6 Å². The van der Waals surface area contributed by atoms with Crippen LogP contribution >= 0.6 is 0 Å². The van der Waals surface area contributed by atoms with Gasteiger partial charge in [0.25, 0.3) is 0 Å². The highest BCUT2D eigenvalue weighted by molar-refractivity contribution is 5.72. The lowest BCUT2D eigenvalue weighted by molar-refractivity contribution is 0.358. The van der Waals surface area contributed by atoms with Crippen LogP contribution in [0.5, 0.6) is 5.75 Å². The number of hydrogen-bond acceptors (Lipinski definition) is 6. The lowest BCUT2D eigenvalue weighted by Gasteiger charge is -2.09. The van der Waals surface area contributed by atoms with Crippen LogP contribution in [-0.4, -0.2) is 28.6 Å². The molecule has 3 rings (SSSR count). The molecule has 0 aromatic carbocycles. The van der Waals surface area contributed by atoms with E-state index in [4.69, 9.17) is 10.5 Å². The second-order valence-electron chi connectivity index (χ2n) is 3.98. The van der Waals surface area contributed by atoms with Gasteiger partial charge >= 0.3 is 0 Å². The molecule has 0 fully saturated rings. The molecule has 1 aliphatic heterocycles. The first kappa shape index (κ1) is 10.8. The number of nitrogens with two attached hydrogens (primary N) is 1. The minimum atomic E-state index is 0.536. The molecule has 3 heterocycles. The van der Waals surface area contributed by atoms with E-state index in [1.807, 2.05) is 6.07 Å². The number of ether oxygens (including phenoxy) is 1. The van der Waals surface area contributed by atoms with Gasteiger partial charge in [0.15, 0.2) is 0 Å². The molecule has 2 aromatic rings. The van der Waals surface area contributed by atoms with Crippen LogP contribution in [0.25, 0.3) is 11.3 Å². The van der Waals surface area contributed by atoms with Gasteiger partial charge in [-0.1, -0.05) is 0 Å². The number of rotatable bonds is 2. The monoisotopic (exact) mass is 243 g/mol. The van der Waals surface area contributed by atoms with Crippen molar-refractivity contribution in [2.24, 2.45) is 0 Å². The van der Waals surface area contributed by atoms with E-state index in [1.54, 1.807) is 19.4 Å². The van der Waals surface area contributed by atoms with Crippen molar-refractivity contribution in [3.63, 3.8) is 0 Å². The van der Waals surface area contributed by atoms with E-state index in [2.05, 4.69) is 20.3 Å². The Morgan fingerprint density at radius 2 is 2.28 bits per heavy atom. The van der Waals surface area contributed by atoms with Crippen LogP contribution in [0.4, 0.5) is 11.8 Å². The smallest absolute Gasteiger partial charge is 0.222 e. The summed E-state index contributed by atoms with van der Waals surface area (Å²) in [6, 6.07) is 1.83. The fourth-order valence-corrected chi connectivity index (χ4v) is 2.02. The molecular formula is C12H13N5O. The first-order valence-corrected chi connectivity index (χ1v) is 5.71. The van der Waals surface area contributed by atoms with Crippen molar-refractivity contribution in [3.05, 3.63) is 24.0 Å². The SMILES string of the molecule is CNc1nccc(-c2cnc(N)c3c2OCC3)n1. The van der Waals surface area contributed by atoms with Crippen molar-refractivity contribution in [2.45, 2.75) is 6.42 Å². The molecule has 0 saturated heterocycles. The molecule has 0 saturated carbocycles. The molecular weight excluding hydrogens is 230 g/mol. The standard InChI is InChI=1S/C12H13N5O/c1-14-12-15-4-2-9(17-12)8-6-16-11(13)7-3-5-18-10(7)8/h2,4,6H,3,5H2,1H3,(H2,13,16)(H,14,15,17). The first-order chi connectivity index (χ1) is 8.79. The molecule has 0 bridgehead atoms. The predicted octanol–water partition coefficient (Wildman–Crippen LogP) is 1.10. The third-order valence-electron chi connectivity index (χ3n) is 2.91. The van der Waals surface area contributed by atoms with Gasteiger partial charge in [0, 0.05) is 31.4 Å². The number of hydrogen-bond donors (Lipinski definition) is 2. The molecule has 2 aromatic heterocycles. The van der Waals surface area contributed by atoms with Crippen LogP contribution in [-0.2, 0) is 6.42 Å². The van der Waals surface area contributed by atoms with Crippen LogP contribution in [0.2, 0.25) is 0 Å². The summed E-state index contributed by atoms with van der Waals surface area (Å²) in [5, 5.41) is 2.91. The van der Waals surface area contributed by atoms with Crippen molar-refractivity contribution >= 4 is 11.8 Å². The molecule has 6 nitrogen and oxygen atoms in total. The molecule has 3 N–H and O–H groups in total. The summed E-state index contributed by atoms with van der Waals surface area (Å²) >= 11 is 0. The average molecular weight is 243 g/mol. The van der Waals surface area contributed by atoms with Crippen molar-refractivity contribution in [2.75, 3.05) is 24.7 Å². The number of nitrogens with one attached hydrogen (secondary N) is 1. The van der Waals surface area contributed by atoms with Crippen LogP contribution < -0.4 is 15.8 Å². The quantitative estimate of drug-likeness (QED) is 0.821. The normalized spacial score (nSPS) is 12.9. The van der Waals surface area contributed by atoms with Crippen molar-refractivity contribution in [3.8, 4) is 17.0 Å². The van der Waals surface area contributed by atoms with Gasteiger partial charge in [-0.05, 0) is 6.07 Å². The number of nitrogens with zero attached hydrogens (tertiary/aromatic N) is 3. The maximum absolute atomic E-state index is 5.84. The van der Waals surface area contributed by atoms with Crippen LogP contribution in [0, 0.1) is 0 Å². The zero-order valence-electron chi connectivity index (χ0n) is 9.97.